The molecule has 0 aliphatic carbocycles. The van der Waals surface area contributed by atoms with Gasteiger partial charge >= 0.3 is 0 Å². The van der Waals surface area contributed by atoms with Gasteiger partial charge in [0.05, 0.1) is 0 Å². The van der Waals surface area contributed by atoms with Crippen molar-refractivity contribution in [2.24, 2.45) is 5.92 Å². The van der Waals surface area contributed by atoms with Gasteiger partial charge < -0.3 is 10.6 Å². The number of halogens is 1. The lowest BCUT2D eigenvalue weighted by atomic mass is 10.0. The van der Waals surface area contributed by atoms with Crippen LogP contribution >= 0.6 is 0 Å². The molecule has 0 unspecified atom stereocenters. The molecule has 2 aromatic carbocycles. The maximum absolute atomic E-state index is 12.9. The van der Waals surface area contributed by atoms with Crippen molar-refractivity contribution < 1.29 is 14.0 Å². The van der Waals surface area contributed by atoms with Crippen molar-refractivity contribution >= 4 is 11.8 Å². The Labute approximate surface area is 147 Å². The minimum absolute atomic E-state index is 0.0683. The van der Waals surface area contributed by atoms with Gasteiger partial charge in [-0.3, -0.25) is 9.59 Å². The standard InChI is InChI=1S/C20H23FN2O2/c1-13(2)18(23-19(24)17-7-5-4-6-14(17)3)20(25)22-12-15-8-10-16(21)11-9-15/h4-11,13,18H,12H2,1-3H3,(H,22,25)(H,23,24)/t18-/m0/s1. The first-order valence-corrected chi connectivity index (χ1v) is 8.27. The van der Waals surface area contributed by atoms with Crippen molar-refractivity contribution in [3.63, 3.8) is 0 Å². The molecule has 0 aliphatic rings. The first-order valence-electron chi connectivity index (χ1n) is 8.27. The molecule has 0 radical (unpaired) electrons. The topological polar surface area (TPSA) is 58.2 Å². The maximum Gasteiger partial charge on any atom is 0.252 e. The summed E-state index contributed by atoms with van der Waals surface area (Å²) in [4.78, 5) is 24.9. The number of hydrogen-bond acceptors (Lipinski definition) is 2. The number of hydrogen-bond donors (Lipinski definition) is 2. The summed E-state index contributed by atoms with van der Waals surface area (Å²) in [7, 11) is 0. The highest BCUT2D eigenvalue weighted by atomic mass is 19.1. The zero-order valence-corrected chi connectivity index (χ0v) is 14.7. The molecule has 2 N–H and O–H groups in total. The normalized spacial score (nSPS) is 11.9. The third kappa shape index (κ3) is 5.14. The molecule has 0 aliphatic heterocycles. The Hall–Kier alpha value is -2.69. The summed E-state index contributed by atoms with van der Waals surface area (Å²) >= 11 is 0. The fourth-order valence-corrected chi connectivity index (χ4v) is 2.48. The van der Waals surface area contributed by atoms with Crippen LogP contribution in [0, 0.1) is 18.7 Å². The second-order valence-corrected chi connectivity index (χ2v) is 6.35. The van der Waals surface area contributed by atoms with E-state index in [0.29, 0.717) is 5.56 Å². The Morgan fingerprint density at radius 1 is 1.04 bits per heavy atom. The molecule has 2 rings (SSSR count). The first-order chi connectivity index (χ1) is 11.9. The average molecular weight is 342 g/mol. The second-order valence-electron chi connectivity index (χ2n) is 6.35. The molecule has 0 fully saturated rings. The molecule has 0 saturated carbocycles. The molecule has 0 spiro atoms. The number of amides is 2. The Kier molecular flexibility index (Phi) is 6.28. The van der Waals surface area contributed by atoms with Gasteiger partial charge in [0.15, 0.2) is 0 Å². The van der Waals surface area contributed by atoms with Crippen LogP contribution in [-0.2, 0) is 11.3 Å². The lowest BCUT2D eigenvalue weighted by molar-refractivity contribution is -0.124. The van der Waals surface area contributed by atoms with Crippen LogP contribution < -0.4 is 10.6 Å². The highest BCUT2D eigenvalue weighted by molar-refractivity contribution is 5.98. The second kappa shape index (κ2) is 8.42. The van der Waals surface area contributed by atoms with E-state index in [1.807, 2.05) is 32.9 Å². The van der Waals surface area contributed by atoms with E-state index in [9.17, 15) is 14.0 Å². The van der Waals surface area contributed by atoms with E-state index >= 15 is 0 Å². The largest absolute Gasteiger partial charge is 0.350 e. The molecule has 0 aromatic heterocycles. The zero-order chi connectivity index (χ0) is 18.4. The molecule has 4 nitrogen and oxygen atoms in total. The van der Waals surface area contributed by atoms with Gasteiger partial charge in [-0.15, -0.1) is 0 Å². The van der Waals surface area contributed by atoms with E-state index < -0.39 is 6.04 Å². The summed E-state index contributed by atoms with van der Waals surface area (Å²) in [6, 6.07) is 12.5. The van der Waals surface area contributed by atoms with E-state index in [2.05, 4.69) is 10.6 Å². The molecular formula is C20H23FN2O2. The number of benzene rings is 2. The van der Waals surface area contributed by atoms with Crippen LogP contribution in [0.15, 0.2) is 48.5 Å². The van der Waals surface area contributed by atoms with Gasteiger partial charge in [0.1, 0.15) is 11.9 Å². The smallest absolute Gasteiger partial charge is 0.252 e. The average Bonchev–Trinajstić information content (AvgIpc) is 2.58. The van der Waals surface area contributed by atoms with Gasteiger partial charge in [-0.05, 0) is 42.2 Å². The Bertz CT molecular complexity index is 742. The van der Waals surface area contributed by atoms with E-state index in [-0.39, 0.29) is 30.1 Å². The van der Waals surface area contributed by atoms with Gasteiger partial charge in [0.25, 0.3) is 5.91 Å². The molecule has 0 saturated heterocycles. The summed E-state index contributed by atoms with van der Waals surface area (Å²) in [5.74, 6) is -0.920. The van der Waals surface area contributed by atoms with Crippen LogP contribution in [-0.4, -0.2) is 17.9 Å². The molecule has 0 heterocycles. The summed E-state index contributed by atoms with van der Waals surface area (Å²) < 4.78 is 12.9. The van der Waals surface area contributed by atoms with Gasteiger partial charge in [-0.2, -0.15) is 0 Å². The van der Waals surface area contributed by atoms with E-state index in [4.69, 9.17) is 0 Å². The Morgan fingerprint density at radius 2 is 1.68 bits per heavy atom. The van der Waals surface area contributed by atoms with Crippen molar-refractivity contribution in [2.45, 2.75) is 33.4 Å². The summed E-state index contributed by atoms with van der Waals surface area (Å²) in [5, 5.41) is 5.60. The zero-order valence-electron chi connectivity index (χ0n) is 14.7. The molecule has 2 aromatic rings. The van der Waals surface area contributed by atoms with Crippen molar-refractivity contribution in [3.05, 3.63) is 71.0 Å². The molecule has 132 valence electrons. The lowest BCUT2D eigenvalue weighted by Crippen LogP contribution is -2.49. The third-order valence-electron chi connectivity index (χ3n) is 4.01. The van der Waals surface area contributed by atoms with Crippen molar-refractivity contribution in [1.29, 1.82) is 0 Å². The molecule has 1 atom stereocenters. The highest BCUT2D eigenvalue weighted by Crippen LogP contribution is 2.10. The Balaban J connectivity index is 2.01. The van der Waals surface area contributed by atoms with Crippen LogP contribution in [0.5, 0.6) is 0 Å². The number of aryl methyl sites for hydroxylation is 1. The predicted molar refractivity (Wildman–Crippen MR) is 95.5 cm³/mol. The third-order valence-corrected chi connectivity index (χ3v) is 4.01. The van der Waals surface area contributed by atoms with Crippen molar-refractivity contribution in [1.82, 2.24) is 10.6 Å². The summed E-state index contributed by atoms with van der Waals surface area (Å²) in [6.45, 7) is 5.89. The van der Waals surface area contributed by atoms with E-state index in [0.717, 1.165) is 11.1 Å². The van der Waals surface area contributed by atoms with Crippen LogP contribution in [0.4, 0.5) is 4.39 Å². The molecule has 5 heteroatoms. The highest BCUT2D eigenvalue weighted by Gasteiger charge is 2.24. The monoisotopic (exact) mass is 342 g/mol. The fourth-order valence-electron chi connectivity index (χ4n) is 2.48. The van der Waals surface area contributed by atoms with Gasteiger partial charge in [-0.1, -0.05) is 44.2 Å². The van der Waals surface area contributed by atoms with E-state index in [1.54, 1.807) is 24.3 Å². The lowest BCUT2D eigenvalue weighted by Gasteiger charge is -2.22. The quantitative estimate of drug-likeness (QED) is 0.847. The van der Waals surface area contributed by atoms with Crippen molar-refractivity contribution in [2.75, 3.05) is 0 Å². The molecule has 2 amide bonds. The summed E-state index contributed by atoms with van der Waals surface area (Å²) in [6.07, 6.45) is 0. The van der Waals surface area contributed by atoms with Crippen LogP contribution in [0.2, 0.25) is 0 Å². The summed E-state index contributed by atoms with van der Waals surface area (Å²) in [5.41, 5.74) is 2.20. The van der Waals surface area contributed by atoms with Crippen LogP contribution in [0.1, 0.15) is 35.3 Å². The predicted octanol–water partition coefficient (Wildman–Crippen LogP) is 3.20. The maximum atomic E-state index is 12.9. The fraction of sp³-hybridized carbons (Fsp3) is 0.300. The van der Waals surface area contributed by atoms with Gasteiger partial charge in [-0.25, -0.2) is 4.39 Å². The van der Waals surface area contributed by atoms with Crippen LogP contribution in [0.25, 0.3) is 0 Å². The Morgan fingerprint density at radius 3 is 2.28 bits per heavy atom. The number of carbonyl (C=O) groups is 2. The first kappa shape index (κ1) is 18.6. The number of rotatable bonds is 6. The van der Waals surface area contributed by atoms with Crippen LogP contribution in [0.3, 0.4) is 0 Å². The number of carbonyl (C=O) groups excluding carboxylic acids is 2. The molecule has 25 heavy (non-hydrogen) atoms. The van der Waals surface area contributed by atoms with Crippen molar-refractivity contribution in [3.8, 4) is 0 Å². The van der Waals surface area contributed by atoms with Gasteiger partial charge in [0.2, 0.25) is 5.91 Å². The molecular weight excluding hydrogens is 319 g/mol. The minimum Gasteiger partial charge on any atom is -0.350 e. The SMILES string of the molecule is Cc1ccccc1C(=O)N[C@H](C(=O)NCc1ccc(F)cc1)C(C)C. The molecule has 0 bridgehead atoms. The van der Waals surface area contributed by atoms with Gasteiger partial charge in [0, 0.05) is 12.1 Å². The number of nitrogens with one attached hydrogen (secondary N) is 2. The van der Waals surface area contributed by atoms with E-state index in [1.165, 1.54) is 12.1 Å². The minimum atomic E-state index is -0.646.